The number of hydrogen-bond acceptors (Lipinski definition) is 6. The molecule has 0 radical (unpaired) electrons. The van der Waals surface area contributed by atoms with E-state index < -0.39 is 0 Å². The van der Waals surface area contributed by atoms with Crippen molar-refractivity contribution in [2.75, 3.05) is 12.4 Å². The molecule has 0 aliphatic heterocycles. The summed E-state index contributed by atoms with van der Waals surface area (Å²) in [5.74, 6) is 0.0732. The van der Waals surface area contributed by atoms with Crippen molar-refractivity contribution in [3.8, 4) is 5.88 Å². The van der Waals surface area contributed by atoms with Crippen molar-refractivity contribution in [1.29, 1.82) is 0 Å². The lowest BCUT2D eigenvalue weighted by Crippen LogP contribution is -2.20. The third-order valence-electron chi connectivity index (χ3n) is 3.76. The van der Waals surface area contributed by atoms with Gasteiger partial charge in [-0.1, -0.05) is 13.8 Å². The number of carbonyl (C=O) groups is 1. The van der Waals surface area contributed by atoms with Crippen molar-refractivity contribution in [3.63, 3.8) is 0 Å². The topological polar surface area (TPSA) is 77.0 Å². The fourth-order valence-electron chi connectivity index (χ4n) is 2.46. The molecule has 2 aromatic heterocycles. The van der Waals surface area contributed by atoms with Gasteiger partial charge in [0.25, 0.3) is 5.91 Å². The minimum Gasteiger partial charge on any atom is -0.480 e. The molecule has 2 aromatic rings. The maximum atomic E-state index is 12.2. The molecule has 0 bridgehead atoms. The highest BCUT2D eigenvalue weighted by atomic mass is 32.1. The molecule has 3 rings (SSSR count). The van der Waals surface area contributed by atoms with Gasteiger partial charge in [-0.05, 0) is 30.7 Å². The first-order valence-corrected chi connectivity index (χ1v) is 7.96. The number of amides is 1. The second kappa shape index (κ2) is 5.64. The number of aromatic nitrogens is 3. The summed E-state index contributed by atoms with van der Waals surface area (Å²) in [5, 5.41) is 11.1. The zero-order valence-corrected chi connectivity index (χ0v) is 13.7. The highest BCUT2D eigenvalue weighted by Gasteiger charge is 2.28. The van der Waals surface area contributed by atoms with Crippen LogP contribution in [0, 0.1) is 5.41 Å². The summed E-state index contributed by atoms with van der Waals surface area (Å²) in [6, 6.07) is 3.19. The summed E-state index contributed by atoms with van der Waals surface area (Å²) >= 11 is 1.55. The van der Waals surface area contributed by atoms with Gasteiger partial charge in [0.1, 0.15) is 0 Å². The second-order valence-corrected chi connectivity index (χ2v) is 7.23. The molecule has 0 saturated heterocycles. The van der Waals surface area contributed by atoms with Crippen LogP contribution in [-0.2, 0) is 12.8 Å². The van der Waals surface area contributed by atoms with Gasteiger partial charge in [0.2, 0.25) is 5.88 Å². The number of nitrogens with one attached hydrogen (secondary N) is 1. The first kappa shape index (κ1) is 14.9. The van der Waals surface area contributed by atoms with Crippen LogP contribution in [0.5, 0.6) is 5.88 Å². The summed E-state index contributed by atoms with van der Waals surface area (Å²) in [7, 11) is 1.51. The Labute approximate surface area is 132 Å². The maximum absolute atomic E-state index is 12.2. The van der Waals surface area contributed by atoms with E-state index in [1.54, 1.807) is 23.5 Å². The van der Waals surface area contributed by atoms with Gasteiger partial charge < -0.3 is 4.74 Å². The summed E-state index contributed by atoms with van der Waals surface area (Å²) in [6.07, 6.45) is 3.11. The number of aryl methyl sites for hydroxylation is 1. The van der Waals surface area contributed by atoms with Gasteiger partial charge >= 0.3 is 0 Å². The maximum Gasteiger partial charge on any atom is 0.277 e. The van der Waals surface area contributed by atoms with Gasteiger partial charge in [0.05, 0.1) is 12.8 Å². The minimum absolute atomic E-state index is 0.245. The molecule has 0 spiro atoms. The molecule has 1 amide bonds. The fourth-order valence-corrected chi connectivity index (χ4v) is 3.72. The number of ether oxygens (including phenoxy) is 1. The number of carbonyl (C=O) groups excluding carboxylic acids is 1. The summed E-state index contributed by atoms with van der Waals surface area (Å²) in [4.78, 5) is 18.0. The standard InChI is InChI=1S/C15H18N4O2S/c1-15(2)7-6-9-11(8-15)22-14(16-9)17-13(20)10-4-5-12(21-3)19-18-10/h4-5H,6-8H2,1-3H3,(H,16,17,20). The Morgan fingerprint density at radius 2 is 2.18 bits per heavy atom. The number of anilines is 1. The monoisotopic (exact) mass is 318 g/mol. The normalized spacial score (nSPS) is 16.0. The van der Waals surface area contributed by atoms with E-state index in [0.717, 1.165) is 25.0 Å². The van der Waals surface area contributed by atoms with Gasteiger partial charge in [-0.25, -0.2) is 4.98 Å². The smallest absolute Gasteiger partial charge is 0.277 e. The minimum atomic E-state index is -0.305. The van der Waals surface area contributed by atoms with Crippen LogP contribution < -0.4 is 10.1 Å². The molecule has 116 valence electrons. The Morgan fingerprint density at radius 3 is 2.86 bits per heavy atom. The highest BCUT2D eigenvalue weighted by Crippen LogP contribution is 2.38. The summed E-state index contributed by atoms with van der Waals surface area (Å²) < 4.78 is 4.93. The number of methoxy groups -OCH3 is 1. The van der Waals surface area contributed by atoms with E-state index in [2.05, 4.69) is 34.3 Å². The Hall–Kier alpha value is -2.02. The number of thiazole rings is 1. The molecule has 22 heavy (non-hydrogen) atoms. The molecule has 0 aromatic carbocycles. The van der Waals surface area contributed by atoms with E-state index in [9.17, 15) is 4.79 Å². The van der Waals surface area contributed by atoms with Crippen molar-refractivity contribution in [1.82, 2.24) is 15.2 Å². The van der Waals surface area contributed by atoms with Gasteiger partial charge in [0.15, 0.2) is 10.8 Å². The first-order chi connectivity index (χ1) is 10.5. The molecule has 7 heteroatoms. The summed E-state index contributed by atoms with van der Waals surface area (Å²) in [5.41, 5.74) is 1.66. The molecule has 1 aliphatic rings. The Bertz CT molecular complexity index is 694. The largest absolute Gasteiger partial charge is 0.480 e. The van der Waals surface area contributed by atoms with E-state index >= 15 is 0 Å². The van der Waals surface area contributed by atoms with E-state index in [4.69, 9.17) is 4.74 Å². The Balaban J connectivity index is 1.73. The Morgan fingerprint density at radius 1 is 1.36 bits per heavy atom. The lowest BCUT2D eigenvalue weighted by atomic mass is 9.79. The SMILES string of the molecule is COc1ccc(C(=O)Nc2nc3c(s2)CC(C)(C)CC3)nn1. The Kier molecular flexibility index (Phi) is 3.82. The molecule has 0 fully saturated rings. The number of fused-ring (bicyclic) bond motifs is 1. The van der Waals surface area contributed by atoms with Crippen LogP contribution in [0.3, 0.4) is 0 Å². The van der Waals surface area contributed by atoms with Crippen LogP contribution in [-0.4, -0.2) is 28.2 Å². The molecule has 1 aliphatic carbocycles. The molecule has 6 nitrogen and oxygen atoms in total. The average molecular weight is 318 g/mol. The van der Waals surface area contributed by atoms with Crippen molar-refractivity contribution in [2.45, 2.75) is 33.1 Å². The number of nitrogens with zero attached hydrogens (tertiary/aromatic N) is 3. The number of rotatable bonds is 3. The third-order valence-corrected chi connectivity index (χ3v) is 4.77. The van der Waals surface area contributed by atoms with Gasteiger partial charge in [-0.2, -0.15) is 0 Å². The molecule has 2 heterocycles. The molecular formula is C15H18N4O2S. The number of hydrogen-bond donors (Lipinski definition) is 1. The van der Waals surface area contributed by atoms with Crippen LogP contribution >= 0.6 is 11.3 Å². The van der Waals surface area contributed by atoms with E-state index in [1.807, 2.05) is 0 Å². The third kappa shape index (κ3) is 3.09. The predicted octanol–water partition coefficient (Wildman–Crippen LogP) is 2.71. The molecular weight excluding hydrogens is 300 g/mol. The van der Waals surface area contributed by atoms with Crippen molar-refractivity contribution in [3.05, 3.63) is 28.4 Å². The molecule has 0 atom stereocenters. The van der Waals surface area contributed by atoms with Gasteiger partial charge in [0, 0.05) is 10.9 Å². The van der Waals surface area contributed by atoms with Crippen LogP contribution in [0.4, 0.5) is 5.13 Å². The second-order valence-electron chi connectivity index (χ2n) is 6.14. The predicted molar refractivity (Wildman–Crippen MR) is 84.5 cm³/mol. The summed E-state index contributed by atoms with van der Waals surface area (Å²) in [6.45, 7) is 4.53. The van der Waals surface area contributed by atoms with Crippen LogP contribution in [0.25, 0.3) is 0 Å². The zero-order valence-electron chi connectivity index (χ0n) is 12.8. The molecule has 0 unspecified atom stereocenters. The first-order valence-electron chi connectivity index (χ1n) is 7.14. The van der Waals surface area contributed by atoms with Crippen molar-refractivity contribution in [2.24, 2.45) is 5.41 Å². The zero-order chi connectivity index (χ0) is 15.7. The van der Waals surface area contributed by atoms with Gasteiger partial charge in [-0.15, -0.1) is 21.5 Å². The lowest BCUT2D eigenvalue weighted by Gasteiger charge is -2.28. The van der Waals surface area contributed by atoms with E-state index in [-0.39, 0.29) is 11.6 Å². The van der Waals surface area contributed by atoms with Crippen molar-refractivity contribution < 1.29 is 9.53 Å². The van der Waals surface area contributed by atoms with Crippen LogP contribution in [0.2, 0.25) is 0 Å². The van der Waals surface area contributed by atoms with E-state index in [1.165, 1.54) is 12.0 Å². The lowest BCUT2D eigenvalue weighted by molar-refractivity contribution is 0.102. The molecule has 0 saturated carbocycles. The molecule has 1 N–H and O–H groups in total. The van der Waals surface area contributed by atoms with Crippen molar-refractivity contribution >= 4 is 22.4 Å². The van der Waals surface area contributed by atoms with Crippen LogP contribution in [0.1, 0.15) is 41.3 Å². The highest BCUT2D eigenvalue weighted by molar-refractivity contribution is 7.15. The van der Waals surface area contributed by atoms with E-state index in [0.29, 0.717) is 16.4 Å². The quantitative estimate of drug-likeness (QED) is 0.941. The average Bonchev–Trinajstić information content (AvgIpc) is 2.87. The fraction of sp³-hybridized carbons (Fsp3) is 0.467. The van der Waals surface area contributed by atoms with Gasteiger partial charge in [-0.3, -0.25) is 10.1 Å². The van der Waals surface area contributed by atoms with Crippen LogP contribution in [0.15, 0.2) is 12.1 Å².